The molecule has 0 aromatic rings. The van der Waals surface area contributed by atoms with E-state index in [1.165, 1.54) is 0 Å². The van der Waals surface area contributed by atoms with Crippen molar-refractivity contribution in [3.05, 3.63) is 24.3 Å². The number of unbranched alkanes of at least 4 members (excludes halogenated alkanes) is 1. The zero-order chi connectivity index (χ0) is 7.66. The van der Waals surface area contributed by atoms with Gasteiger partial charge >= 0.3 is 0 Å². The number of hydrogen-bond donors (Lipinski definition) is 0. The molecule has 0 atom stereocenters. The molecule has 0 fully saturated rings. The van der Waals surface area contributed by atoms with Crippen molar-refractivity contribution in [2.75, 3.05) is 0 Å². The van der Waals surface area contributed by atoms with Crippen molar-refractivity contribution in [1.29, 1.82) is 0 Å². The number of carbonyl (C=O) groups is 1. The Bertz CT molecular complexity index is 123. The minimum absolute atomic E-state index is 0.809. The fourth-order valence-corrected chi connectivity index (χ4v) is 0.629. The van der Waals surface area contributed by atoms with Crippen molar-refractivity contribution in [1.82, 2.24) is 0 Å². The molecule has 56 valence electrons. The molecule has 0 aromatic heterocycles. The SMILES string of the molecule is CC/C=C/CC/C=C\C=O. The van der Waals surface area contributed by atoms with Crippen LogP contribution in [0.1, 0.15) is 26.2 Å². The maximum absolute atomic E-state index is 9.79. The molecule has 0 heterocycles. The zero-order valence-electron chi connectivity index (χ0n) is 6.42. The van der Waals surface area contributed by atoms with E-state index in [2.05, 4.69) is 19.1 Å². The first kappa shape index (κ1) is 9.15. The first-order chi connectivity index (χ1) is 4.91. The second-order valence-electron chi connectivity index (χ2n) is 2.02. The summed E-state index contributed by atoms with van der Waals surface area (Å²) in [6.07, 6.45) is 11.6. The third-order valence-electron chi connectivity index (χ3n) is 1.12. The number of hydrogen-bond acceptors (Lipinski definition) is 1. The van der Waals surface area contributed by atoms with Gasteiger partial charge in [0.15, 0.2) is 0 Å². The monoisotopic (exact) mass is 138 g/mol. The predicted molar refractivity (Wildman–Crippen MR) is 43.9 cm³/mol. The molecule has 0 aliphatic heterocycles. The summed E-state index contributed by atoms with van der Waals surface area (Å²) in [5, 5.41) is 0. The van der Waals surface area contributed by atoms with Crippen molar-refractivity contribution in [2.24, 2.45) is 0 Å². The lowest BCUT2D eigenvalue weighted by molar-refractivity contribution is -0.104. The maximum atomic E-state index is 9.79. The summed E-state index contributed by atoms with van der Waals surface area (Å²) in [5.41, 5.74) is 0. The van der Waals surface area contributed by atoms with Gasteiger partial charge in [-0.1, -0.05) is 25.2 Å². The molecule has 0 rings (SSSR count). The minimum Gasteiger partial charge on any atom is -0.299 e. The highest BCUT2D eigenvalue weighted by Crippen LogP contribution is 1.92. The number of allylic oxidation sites excluding steroid dienone is 4. The number of aldehydes is 1. The van der Waals surface area contributed by atoms with Gasteiger partial charge in [-0.3, -0.25) is 4.79 Å². The van der Waals surface area contributed by atoms with Crippen LogP contribution >= 0.6 is 0 Å². The first-order valence-electron chi connectivity index (χ1n) is 3.67. The van der Waals surface area contributed by atoms with Crippen LogP contribution in [-0.4, -0.2) is 6.29 Å². The van der Waals surface area contributed by atoms with Crippen LogP contribution < -0.4 is 0 Å². The largest absolute Gasteiger partial charge is 0.299 e. The number of carbonyl (C=O) groups excluding carboxylic acids is 1. The normalized spacial score (nSPS) is 11.3. The Morgan fingerprint density at radius 3 is 2.40 bits per heavy atom. The van der Waals surface area contributed by atoms with Crippen molar-refractivity contribution in [3.8, 4) is 0 Å². The van der Waals surface area contributed by atoms with E-state index in [0.717, 1.165) is 25.5 Å². The smallest absolute Gasteiger partial charge is 0.142 e. The summed E-state index contributed by atoms with van der Waals surface area (Å²) in [4.78, 5) is 9.79. The van der Waals surface area contributed by atoms with E-state index in [1.54, 1.807) is 6.08 Å². The average Bonchev–Trinajstić information content (AvgIpc) is 1.97. The van der Waals surface area contributed by atoms with Gasteiger partial charge in [-0.05, 0) is 25.3 Å². The van der Waals surface area contributed by atoms with Crippen molar-refractivity contribution >= 4 is 6.29 Å². The van der Waals surface area contributed by atoms with Crippen LogP contribution in [-0.2, 0) is 4.79 Å². The van der Waals surface area contributed by atoms with Gasteiger partial charge in [0.05, 0.1) is 0 Å². The van der Waals surface area contributed by atoms with E-state index in [4.69, 9.17) is 0 Å². The Morgan fingerprint density at radius 1 is 1.10 bits per heavy atom. The summed E-state index contributed by atoms with van der Waals surface area (Å²) in [6, 6.07) is 0. The molecule has 0 aliphatic rings. The average molecular weight is 138 g/mol. The minimum atomic E-state index is 0.809. The predicted octanol–water partition coefficient (Wildman–Crippen LogP) is 2.49. The zero-order valence-corrected chi connectivity index (χ0v) is 6.42. The molecule has 0 bridgehead atoms. The summed E-state index contributed by atoms with van der Waals surface area (Å²) in [5.74, 6) is 0. The summed E-state index contributed by atoms with van der Waals surface area (Å²) >= 11 is 0. The highest BCUT2D eigenvalue weighted by molar-refractivity contribution is 5.64. The van der Waals surface area contributed by atoms with Crippen LogP contribution in [0.5, 0.6) is 0 Å². The fourth-order valence-electron chi connectivity index (χ4n) is 0.629. The lowest BCUT2D eigenvalue weighted by atomic mass is 10.2. The Hall–Kier alpha value is -0.850. The van der Waals surface area contributed by atoms with Crippen LogP contribution in [0.25, 0.3) is 0 Å². The molecule has 0 spiro atoms. The fraction of sp³-hybridized carbons (Fsp3) is 0.444. The Labute approximate surface area is 62.4 Å². The van der Waals surface area contributed by atoms with E-state index in [1.807, 2.05) is 6.08 Å². The van der Waals surface area contributed by atoms with E-state index < -0.39 is 0 Å². The second kappa shape index (κ2) is 8.15. The molecule has 0 saturated heterocycles. The molecule has 10 heavy (non-hydrogen) atoms. The van der Waals surface area contributed by atoms with E-state index in [0.29, 0.717) is 0 Å². The van der Waals surface area contributed by atoms with Crippen LogP contribution in [0.2, 0.25) is 0 Å². The molecular formula is C9H14O. The molecule has 1 nitrogen and oxygen atoms in total. The standard InChI is InChI=1S/C9H14O/c1-2-3-4-5-6-7-8-9-10/h3-4,7-9H,2,5-6H2,1H3/b4-3+,8-7-. The molecule has 1 heteroatoms. The summed E-state index contributed by atoms with van der Waals surface area (Å²) < 4.78 is 0. The van der Waals surface area contributed by atoms with Crippen LogP contribution in [0, 0.1) is 0 Å². The first-order valence-corrected chi connectivity index (χ1v) is 3.67. The van der Waals surface area contributed by atoms with Gasteiger partial charge in [-0.2, -0.15) is 0 Å². The van der Waals surface area contributed by atoms with E-state index >= 15 is 0 Å². The highest BCUT2D eigenvalue weighted by Gasteiger charge is 1.73. The molecule has 0 unspecified atom stereocenters. The molecule has 0 aliphatic carbocycles. The van der Waals surface area contributed by atoms with Crippen LogP contribution in [0.4, 0.5) is 0 Å². The van der Waals surface area contributed by atoms with Crippen LogP contribution in [0.3, 0.4) is 0 Å². The van der Waals surface area contributed by atoms with Gasteiger partial charge in [-0.15, -0.1) is 0 Å². The molecule has 0 radical (unpaired) electrons. The molecular weight excluding hydrogens is 124 g/mol. The third kappa shape index (κ3) is 7.15. The topological polar surface area (TPSA) is 17.1 Å². The summed E-state index contributed by atoms with van der Waals surface area (Å²) in [6.45, 7) is 2.11. The van der Waals surface area contributed by atoms with Crippen molar-refractivity contribution < 1.29 is 4.79 Å². The van der Waals surface area contributed by atoms with Gasteiger partial charge in [-0.25, -0.2) is 0 Å². The lowest BCUT2D eigenvalue weighted by Gasteiger charge is -1.83. The van der Waals surface area contributed by atoms with Gasteiger partial charge in [0.2, 0.25) is 0 Å². The van der Waals surface area contributed by atoms with Gasteiger partial charge in [0.1, 0.15) is 6.29 Å². The van der Waals surface area contributed by atoms with Gasteiger partial charge < -0.3 is 0 Å². The molecule has 0 aromatic carbocycles. The Balaban J connectivity index is 3.11. The maximum Gasteiger partial charge on any atom is 0.142 e. The molecule has 0 saturated carbocycles. The third-order valence-corrected chi connectivity index (χ3v) is 1.12. The van der Waals surface area contributed by atoms with Crippen molar-refractivity contribution in [3.63, 3.8) is 0 Å². The van der Waals surface area contributed by atoms with E-state index in [-0.39, 0.29) is 0 Å². The summed E-state index contributed by atoms with van der Waals surface area (Å²) in [7, 11) is 0. The Kier molecular flexibility index (Phi) is 7.46. The van der Waals surface area contributed by atoms with Gasteiger partial charge in [0.25, 0.3) is 0 Å². The van der Waals surface area contributed by atoms with Crippen molar-refractivity contribution in [2.45, 2.75) is 26.2 Å². The molecule has 0 amide bonds. The quantitative estimate of drug-likeness (QED) is 0.247. The number of rotatable bonds is 5. The van der Waals surface area contributed by atoms with Gasteiger partial charge in [0, 0.05) is 0 Å². The van der Waals surface area contributed by atoms with E-state index in [9.17, 15) is 4.79 Å². The Morgan fingerprint density at radius 2 is 1.80 bits per heavy atom. The van der Waals surface area contributed by atoms with Crippen LogP contribution in [0.15, 0.2) is 24.3 Å². The highest BCUT2D eigenvalue weighted by atomic mass is 16.1. The second-order valence-corrected chi connectivity index (χ2v) is 2.02. The molecule has 0 N–H and O–H groups in total. The lowest BCUT2D eigenvalue weighted by Crippen LogP contribution is -1.65.